The summed E-state index contributed by atoms with van der Waals surface area (Å²) in [6.07, 6.45) is 0.253. The van der Waals surface area contributed by atoms with Gasteiger partial charge in [-0.1, -0.05) is 30.3 Å². The van der Waals surface area contributed by atoms with E-state index in [0.717, 1.165) is 10.0 Å². The van der Waals surface area contributed by atoms with Crippen LogP contribution in [-0.4, -0.2) is 11.8 Å². The van der Waals surface area contributed by atoms with Crippen molar-refractivity contribution in [1.82, 2.24) is 0 Å². The minimum atomic E-state index is -0.265. The van der Waals surface area contributed by atoms with Crippen molar-refractivity contribution in [3.8, 4) is 0 Å². The second-order valence-corrected chi connectivity index (χ2v) is 5.17. The van der Waals surface area contributed by atoms with Crippen LogP contribution in [0.25, 0.3) is 0 Å². The zero-order chi connectivity index (χ0) is 13.4. The minimum absolute atomic E-state index is 0.199. The van der Waals surface area contributed by atoms with E-state index >= 15 is 0 Å². The molecular formula is C15H10BrNO2. The van der Waals surface area contributed by atoms with Crippen molar-refractivity contribution in [1.29, 1.82) is 0 Å². The van der Waals surface area contributed by atoms with Gasteiger partial charge in [-0.25, -0.2) is 4.90 Å². The van der Waals surface area contributed by atoms with Gasteiger partial charge < -0.3 is 0 Å². The first-order chi connectivity index (χ1) is 9.18. The zero-order valence-corrected chi connectivity index (χ0v) is 11.6. The SMILES string of the molecule is O=C1Cc2ccccc2C(=O)N1c1ccccc1Br. The van der Waals surface area contributed by atoms with E-state index in [1.807, 2.05) is 30.3 Å². The van der Waals surface area contributed by atoms with Crippen molar-refractivity contribution in [2.75, 3.05) is 4.90 Å². The quantitative estimate of drug-likeness (QED) is 0.758. The number of hydrogen-bond acceptors (Lipinski definition) is 2. The third kappa shape index (κ3) is 1.98. The van der Waals surface area contributed by atoms with Crippen LogP contribution in [0.3, 0.4) is 0 Å². The molecule has 1 aliphatic heterocycles. The summed E-state index contributed by atoms with van der Waals surface area (Å²) < 4.78 is 0.732. The third-order valence-electron chi connectivity index (χ3n) is 3.14. The number of anilines is 1. The average Bonchev–Trinajstić information content (AvgIpc) is 2.41. The normalized spacial score (nSPS) is 14.5. The maximum atomic E-state index is 12.5. The highest BCUT2D eigenvalue weighted by atomic mass is 79.9. The lowest BCUT2D eigenvalue weighted by atomic mass is 9.98. The molecule has 4 heteroatoms. The van der Waals surface area contributed by atoms with Crippen LogP contribution in [0.5, 0.6) is 0 Å². The predicted octanol–water partition coefficient (Wildman–Crippen LogP) is 3.18. The predicted molar refractivity (Wildman–Crippen MR) is 76.1 cm³/mol. The fourth-order valence-corrected chi connectivity index (χ4v) is 2.70. The van der Waals surface area contributed by atoms with Crippen molar-refractivity contribution in [2.45, 2.75) is 6.42 Å². The van der Waals surface area contributed by atoms with Gasteiger partial charge in [-0.2, -0.15) is 0 Å². The van der Waals surface area contributed by atoms with Crippen LogP contribution >= 0.6 is 15.9 Å². The minimum Gasteiger partial charge on any atom is -0.274 e. The first-order valence-corrected chi connectivity index (χ1v) is 6.67. The standard InChI is InChI=1S/C15H10BrNO2/c16-12-7-3-4-8-13(12)17-14(18)9-10-5-1-2-6-11(10)15(17)19/h1-8H,9H2. The first-order valence-electron chi connectivity index (χ1n) is 5.88. The maximum absolute atomic E-state index is 12.5. The smallest absolute Gasteiger partial charge is 0.265 e. The molecule has 0 spiro atoms. The largest absolute Gasteiger partial charge is 0.274 e. The molecule has 94 valence electrons. The second-order valence-electron chi connectivity index (χ2n) is 4.32. The number of amides is 2. The van der Waals surface area contributed by atoms with Crippen molar-refractivity contribution in [3.63, 3.8) is 0 Å². The molecule has 0 unspecified atom stereocenters. The topological polar surface area (TPSA) is 37.4 Å². The van der Waals surface area contributed by atoms with Crippen LogP contribution in [0.4, 0.5) is 5.69 Å². The fraction of sp³-hybridized carbons (Fsp3) is 0.0667. The highest BCUT2D eigenvalue weighted by Gasteiger charge is 2.32. The van der Waals surface area contributed by atoms with Crippen LogP contribution in [0.2, 0.25) is 0 Å². The number of carbonyl (C=O) groups excluding carboxylic acids is 2. The fourth-order valence-electron chi connectivity index (χ4n) is 2.24. The number of carbonyl (C=O) groups is 2. The Morgan fingerprint density at radius 1 is 0.947 bits per heavy atom. The summed E-state index contributed by atoms with van der Waals surface area (Å²) in [5, 5.41) is 0. The van der Waals surface area contributed by atoms with Gasteiger partial charge in [-0.3, -0.25) is 9.59 Å². The summed E-state index contributed by atoms with van der Waals surface area (Å²) in [5.74, 6) is -0.464. The molecule has 19 heavy (non-hydrogen) atoms. The highest BCUT2D eigenvalue weighted by Crippen LogP contribution is 2.30. The Kier molecular flexibility index (Phi) is 2.95. The van der Waals surface area contributed by atoms with Gasteiger partial charge in [0.1, 0.15) is 0 Å². The van der Waals surface area contributed by atoms with Crippen molar-refractivity contribution in [3.05, 3.63) is 64.1 Å². The lowest BCUT2D eigenvalue weighted by molar-refractivity contribution is -0.117. The molecule has 0 radical (unpaired) electrons. The summed E-state index contributed by atoms with van der Waals surface area (Å²) in [5.41, 5.74) is 1.98. The number of nitrogens with zero attached hydrogens (tertiary/aromatic N) is 1. The number of imide groups is 1. The molecule has 2 aromatic rings. The molecule has 0 atom stereocenters. The Labute approximate surface area is 119 Å². The van der Waals surface area contributed by atoms with Gasteiger partial charge in [0.2, 0.25) is 5.91 Å². The molecule has 3 rings (SSSR count). The molecule has 0 N–H and O–H groups in total. The lowest BCUT2D eigenvalue weighted by Gasteiger charge is -2.27. The second kappa shape index (κ2) is 4.63. The van der Waals surface area contributed by atoms with E-state index in [1.165, 1.54) is 4.90 Å². The molecule has 3 nitrogen and oxygen atoms in total. The maximum Gasteiger partial charge on any atom is 0.265 e. The van der Waals surface area contributed by atoms with E-state index in [1.54, 1.807) is 18.2 Å². The molecule has 1 aliphatic rings. The highest BCUT2D eigenvalue weighted by molar-refractivity contribution is 9.10. The van der Waals surface area contributed by atoms with E-state index in [0.29, 0.717) is 11.3 Å². The number of rotatable bonds is 1. The van der Waals surface area contributed by atoms with E-state index < -0.39 is 0 Å². The molecule has 0 fully saturated rings. The zero-order valence-electron chi connectivity index (χ0n) is 9.97. The van der Waals surface area contributed by atoms with Crippen molar-refractivity contribution in [2.24, 2.45) is 0 Å². The number of fused-ring (bicyclic) bond motifs is 1. The van der Waals surface area contributed by atoms with Gasteiger partial charge in [0.05, 0.1) is 12.1 Å². The van der Waals surface area contributed by atoms with Crippen LogP contribution in [0.1, 0.15) is 15.9 Å². The Balaban J connectivity index is 2.12. The summed E-state index contributed by atoms with van der Waals surface area (Å²) in [6, 6.07) is 14.5. The molecule has 0 aliphatic carbocycles. The van der Waals surface area contributed by atoms with Gasteiger partial charge >= 0.3 is 0 Å². The third-order valence-corrected chi connectivity index (χ3v) is 3.81. The Morgan fingerprint density at radius 2 is 1.63 bits per heavy atom. The number of benzene rings is 2. The van der Waals surface area contributed by atoms with E-state index in [-0.39, 0.29) is 18.2 Å². The number of hydrogen-bond donors (Lipinski definition) is 0. The summed E-state index contributed by atoms with van der Waals surface area (Å²) in [7, 11) is 0. The molecule has 0 bridgehead atoms. The van der Waals surface area contributed by atoms with Gasteiger partial charge in [0, 0.05) is 10.0 Å². The molecule has 0 aromatic heterocycles. The lowest BCUT2D eigenvalue weighted by Crippen LogP contribution is -2.42. The van der Waals surface area contributed by atoms with E-state index in [9.17, 15) is 9.59 Å². The number of halogens is 1. The van der Waals surface area contributed by atoms with Gasteiger partial charge in [-0.15, -0.1) is 0 Å². The Morgan fingerprint density at radius 3 is 2.42 bits per heavy atom. The van der Waals surface area contributed by atoms with E-state index in [2.05, 4.69) is 15.9 Å². The summed E-state index contributed by atoms with van der Waals surface area (Å²) in [6.45, 7) is 0. The van der Waals surface area contributed by atoms with Crippen LogP contribution in [-0.2, 0) is 11.2 Å². The van der Waals surface area contributed by atoms with Crippen molar-refractivity contribution >= 4 is 33.4 Å². The molecule has 2 aromatic carbocycles. The monoisotopic (exact) mass is 315 g/mol. The molecule has 1 heterocycles. The Hall–Kier alpha value is -1.94. The molecule has 2 amide bonds. The van der Waals surface area contributed by atoms with Gasteiger partial charge in [0.25, 0.3) is 5.91 Å². The van der Waals surface area contributed by atoms with E-state index in [4.69, 9.17) is 0 Å². The van der Waals surface area contributed by atoms with Crippen LogP contribution < -0.4 is 4.90 Å². The van der Waals surface area contributed by atoms with Crippen LogP contribution in [0, 0.1) is 0 Å². The van der Waals surface area contributed by atoms with Crippen LogP contribution in [0.15, 0.2) is 53.0 Å². The van der Waals surface area contributed by atoms with Gasteiger partial charge in [-0.05, 0) is 39.7 Å². The first kappa shape index (κ1) is 12.1. The number of para-hydroxylation sites is 1. The summed E-state index contributed by atoms with van der Waals surface area (Å²) in [4.78, 5) is 25.9. The average molecular weight is 316 g/mol. The molecule has 0 saturated carbocycles. The molecular weight excluding hydrogens is 306 g/mol. The summed E-state index contributed by atoms with van der Waals surface area (Å²) >= 11 is 3.38. The van der Waals surface area contributed by atoms with Crippen molar-refractivity contribution < 1.29 is 9.59 Å². The molecule has 0 saturated heterocycles. The van der Waals surface area contributed by atoms with Gasteiger partial charge in [0.15, 0.2) is 0 Å². The Bertz CT molecular complexity index is 681.